The first-order chi connectivity index (χ1) is 14.6. The minimum atomic E-state index is -0.501. The number of benzene rings is 2. The van der Waals surface area contributed by atoms with Crippen molar-refractivity contribution in [1.82, 2.24) is 20.2 Å². The van der Waals surface area contributed by atoms with Gasteiger partial charge in [0.2, 0.25) is 17.6 Å². The Bertz CT molecular complexity index is 1020. The maximum absolute atomic E-state index is 12.3. The van der Waals surface area contributed by atoms with Crippen LogP contribution in [-0.4, -0.2) is 45.1 Å². The molecule has 1 aliphatic heterocycles. The van der Waals surface area contributed by atoms with E-state index in [4.69, 9.17) is 5.73 Å². The summed E-state index contributed by atoms with van der Waals surface area (Å²) in [6.45, 7) is 2.11. The SMILES string of the molecule is NC(=O)c1ccc(-c2nnn(CC(=O)Nc3ccc(N4CCCCC4)cc3)n2)cc1. The van der Waals surface area contributed by atoms with Crippen LogP contribution in [0.3, 0.4) is 0 Å². The highest BCUT2D eigenvalue weighted by atomic mass is 16.2. The van der Waals surface area contributed by atoms with Gasteiger partial charge >= 0.3 is 0 Å². The Kier molecular flexibility index (Phi) is 5.69. The van der Waals surface area contributed by atoms with Crippen molar-refractivity contribution < 1.29 is 9.59 Å². The summed E-state index contributed by atoms with van der Waals surface area (Å²) in [6, 6.07) is 14.4. The smallest absolute Gasteiger partial charge is 0.248 e. The van der Waals surface area contributed by atoms with Crippen molar-refractivity contribution in [3.63, 3.8) is 0 Å². The number of tetrazole rings is 1. The zero-order valence-electron chi connectivity index (χ0n) is 16.5. The summed E-state index contributed by atoms with van der Waals surface area (Å²) in [4.78, 5) is 27.1. The highest BCUT2D eigenvalue weighted by Gasteiger charge is 2.12. The van der Waals surface area contributed by atoms with Crippen molar-refractivity contribution in [2.24, 2.45) is 5.73 Å². The Labute approximate surface area is 173 Å². The van der Waals surface area contributed by atoms with Gasteiger partial charge in [-0.2, -0.15) is 4.80 Å². The second-order valence-corrected chi connectivity index (χ2v) is 7.23. The highest BCUT2D eigenvalue weighted by molar-refractivity contribution is 5.93. The van der Waals surface area contributed by atoms with Gasteiger partial charge in [0.05, 0.1) is 0 Å². The van der Waals surface area contributed by atoms with Crippen LogP contribution < -0.4 is 16.0 Å². The van der Waals surface area contributed by atoms with E-state index in [-0.39, 0.29) is 12.5 Å². The van der Waals surface area contributed by atoms with Gasteiger partial charge < -0.3 is 16.0 Å². The lowest BCUT2D eigenvalue weighted by Gasteiger charge is -2.28. The zero-order valence-corrected chi connectivity index (χ0v) is 16.5. The Morgan fingerprint density at radius 1 is 0.967 bits per heavy atom. The number of primary amides is 1. The predicted molar refractivity (Wildman–Crippen MR) is 113 cm³/mol. The maximum Gasteiger partial charge on any atom is 0.248 e. The molecular weight excluding hydrogens is 382 g/mol. The summed E-state index contributed by atoms with van der Waals surface area (Å²) >= 11 is 0. The molecule has 1 aromatic heterocycles. The molecule has 154 valence electrons. The number of hydrogen-bond donors (Lipinski definition) is 2. The van der Waals surface area contributed by atoms with E-state index in [2.05, 4.69) is 25.6 Å². The van der Waals surface area contributed by atoms with E-state index in [0.29, 0.717) is 17.0 Å². The summed E-state index contributed by atoms with van der Waals surface area (Å²) < 4.78 is 0. The van der Waals surface area contributed by atoms with Gasteiger partial charge in [-0.25, -0.2) is 0 Å². The molecular formula is C21H23N7O2. The number of amides is 2. The molecule has 3 aromatic rings. The molecule has 2 amide bonds. The largest absolute Gasteiger partial charge is 0.372 e. The topological polar surface area (TPSA) is 119 Å². The van der Waals surface area contributed by atoms with E-state index in [1.165, 1.54) is 29.7 Å². The lowest BCUT2D eigenvalue weighted by atomic mass is 10.1. The molecule has 0 saturated carbocycles. The molecule has 3 N–H and O–H groups in total. The summed E-state index contributed by atoms with van der Waals surface area (Å²) in [5, 5.41) is 15.0. The van der Waals surface area contributed by atoms with Gasteiger partial charge in [-0.05, 0) is 60.9 Å². The van der Waals surface area contributed by atoms with Gasteiger partial charge in [0.1, 0.15) is 6.54 Å². The van der Waals surface area contributed by atoms with Crippen molar-refractivity contribution in [3.05, 3.63) is 54.1 Å². The second kappa shape index (κ2) is 8.73. The molecule has 0 atom stereocenters. The number of anilines is 2. The first-order valence-corrected chi connectivity index (χ1v) is 9.91. The molecule has 2 aromatic carbocycles. The molecule has 9 nitrogen and oxygen atoms in total. The van der Waals surface area contributed by atoms with Crippen LogP contribution in [0.1, 0.15) is 29.6 Å². The minimum Gasteiger partial charge on any atom is -0.372 e. The zero-order chi connectivity index (χ0) is 20.9. The van der Waals surface area contributed by atoms with Crippen LogP contribution in [0.4, 0.5) is 11.4 Å². The molecule has 1 fully saturated rings. The molecule has 2 heterocycles. The van der Waals surface area contributed by atoms with Gasteiger partial charge in [0, 0.05) is 35.6 Å². The van der Waals surface area contributed by atoms with E-state index < -0.39 is 5.91 Å². The van der Waals surface area contributed by atoms with Gasteiger partial charge in [-0.3, -0.25) is 9.59 Å². The summed E-state index contributed by atoms with van der Waals surface area (Å²) in [5.41, 5.74) is 8.22. The molecule has 0 unspecified atom stereocenters. The number of nitrogens with zero attached hydrogens (tertiary/aromatic N) is 5. The van der Waals surface area contributed by atoms with Crippen molar-refractivity contribution >= 4 is 23.2 Å². The molecule has 1 aliphatic rings. The Morgan fingerprint density at radius 2 is 1.67 bits per heavy atom. The van der Waals surface area contributed by atoms with Crippen LogP contribution in [0.25, 0.3) is 11.4 Å². The van der Waals surface area contributed by atoms with Crippen LogP contribution in [0.5, 0.6) is 0 Å². The Balaban J connectivity index is 1.34. The van der Waals surface area contributed by atoms with E-state index >= 15 is 0 Å². The third kappa shape index (κ3) is 4.62. The van der Waals surface area contributed by atoms with Crippen molar-refractivity contribution in [1.29, 1.82) is 0 Å². The summed E-state index contributed by atoms with van der Waals surface area (Å²) in [6.07, 6.45) is 3.74. The number of rotatable bonds is 6. The molecule has 4 rings (SSSR count). The normalized spacial score (nSPS) is 13.8. The van der Waals surface area contributed by atoms with E-state index in [1.54, 1.807) is 24.3 Å². The predicted octanol–water partition coefficient (Wildman–Crippen LogP) is 2.07. The quantitative estimate of drug-likeness (QED) is 0.648. The molecule has 9 heteroatoms. The summed E-state index contributed by atoms with van der Waals surface area (Å²) in [5.74, 6) is -0.378. The van der Waals surface area contributed by atoms with Gasteiger partial charge in [-0.15, -0.1) is 10.2 Å². The molecule has 0 bridgehead atoms. The number of piperidine rings is 1. The Hall–Kier alpha value is -3.75. The minimum absolute atomic E-state index is 0.0553. The van der Waals surface area contributed by atoms with Crippen molar-refractivity contribution in [2.75, 3.05) is 23.3 Å². The monoisotopic (exact) mass is 405 g/mol. The molecule has 30 heavy (non-hydrogen) atoms. The van der Waals surface area contributed by atoms with E-state index in [0.717, 1.165) is 18.8 Å². The third-order valence-electron chi connectivity index (χ3n) is 5.04. The number of carbonyl (C=O) groups excluding carboxylic acids is 2. The fourth-order valence-corrected chi connectivity index (χ4v) is 3.45. The van der Waals surface area contributed by atoms with Gasteiger partial charge in [0.15, 0.2) is 0 Å². The standard InChI is InChI=1S/C21H23N7O2/c22-20(30)15-4-6-16(7-5-15)21-24-26-28(25-21)14-19(29)23-17-8-10-18(11-9-17)27-12-2-1-3-13-27/h4-11H,1-3,12-14H2,(H2,22,30)(H,23,29). The number of aromatic nitrogens is 4. The van der Waals surface area contributed by atoms with Crippen LogP contribution in [0, 0.1) is 0 Å². The Morgan fingerprint density at radius 3 is 2.33 bits per heavy atom. The number of nitrogens with two attached hydrogens (primary N) is 1. The number of hydrogen-bond acceptors (Lipinski definition) is 6. The molecule has 0 aliphatic carbocycles. The first kappa shape index (κ1) is 19.6. The average molecular weight is 405 g/mol. The van der Waals surface area contributed by atoms with Crippen molar-refractivity contribution in [2.45, 2.75) is 25.8 Å². The number of nitrogens with one attached hydrogen (secondary N) is 1. The van der Waals surface area contributed by atoms with E-state index in [1.807, 2.05) is 24.3 Å². The van der Waals surface area contributed by atoms with Crippen LogP contribution in [-0.2, 0) is 11.3 Å². The summed E-state index contributed by atoms with van der Waals surface area (Å²) in [7, 11) is 0. The van der Waals surface area contributed by atoms with Crippen LogP contribution >= 0.6 is 0 Å². The molecule has 0 radical (unpaired) electrons. The average Bonchev–Trinajstić information content (AvgIpc) is 3.23. The fourth-order valence-electron chi connectivity index (χ4n) is 3.45. The van der Waals surface area contributed by atoms with Crippen molar-refractivity contribution in [3.8, 4) is 11.4 Å². The lowest BCUT2D eigenvalue weighted by Crippen LogP contribution is -2.29. The van der Waals surface area contributed by atoms with Crippen LogP contribution in [0.15, 0.2) is 48.5 Å². The van der Waals surface area contributed by atoms with Gasteiger partial charge in [-0.1, -0.05) is 12.1 Å². The molecule has 0 spiro atoms. The van der Waals surface area contributed by atoms with E-state index in [9.17, 15) is 9.59 Å². The number of carbonyl (C=O) groups is 2. The maximum atomic E-state index is 12.3. The molecule has 1 saturated heterocycles. The highest BCUT2D eigenvalue weighted by Crippen LogP contribution is 2.22. The first-order valence-electron chi connectivity index (χ1n) is 9.91. The second-order valence-electron chi connectivity index (χ2n) is 7.23. The van der Waals surface area contributed by atoms with Gasteiger partial charge in [0.25, 0.3) is 0 Å². The fraction of sp³-hybridized carbons (Fsp3) is 0.286. The third-order valence-corrected chi connectivity index (χ3v) is 5.04. The lowest BCUT2D eigenvalue weighted by molar-refractivity contribution is -0.117. The van der Waals surface area contributed by atoms with Crippen LogP contribution in [0.2, 0.25) is 0 Å².